The molecule has 1 aliphatic rings. The molecule has 138 valence electrons. The maximum absolute atomic E-state index is 14.5. The van der Waals surface area contributed by atoms with Crippen molar-refractivity contribution in [2.75, 3.05) is 0 Å². The lowest BCUT2D eigenvalue weighted by atomic mass is 9.81. The Morgan fingerprint density at radius 1 is 1.07 bits per heavy atom. The van der Waals surface area contributed by atoms with Crippen LogP contribution in [0.25, 0.3) is 5.69 Å². The van der Waals surface area contributed by atoms with E-state index in [2.05, 4.69) is 19.1 Å². The SMILES string of the molecule is CCCCc1nn(-c2ccccc2F)c2c1C(=O)C[C@@H](c1ccccc1)C2. The maximum atomic E-state index is 14.5. The van der Waals surface area contributed by atoms with Crippen LogP contribution in [0.2, 0.25) is 0 Å². The number of hydrogen-bond donors (Lipinski definition) is 0. The van der Waals surface area contributed by atoms with Gasteiger partial charge in [0.1, 0.15) is 11.5 Å². The van der Waals surface area contributed by atoms with E-state index in [1.165, 1.54) is 6.07 Å². The second-order valence-electron chi connectivity index (χ2n) is 7.17. The Balaban J connectivity index is 1.82. The Labute approximate surface area is 158 Å². The maximum Gasteiger partial charge on any atom is 0.167 e. The van der Waals surface area contributed by atoms with E-state index in [0.717, 1.165) is 41.8 Å². The van der Waals surface area contributed by atoms with Crippen molar-refractivity contribution in [2.45, 2.75) is 44.9 Å². The lowest BCUT2D eigenvalue weighted by Crippen LogP contribution is -2.21. The van der Waals surface area contributed by atoms with E-state index in [4.69, 9.17) is 5.10 Å². The standard InChI is InChI=1S/C23H23FN2O/c1-2-3-12-19-23-21(26(25-19)20-13-8-7-11-18(20)24)14-17(15-22(23)27)16-9-5-4-6-10-16/h4-11,13,17H,2-3,12,14-15H2,1H3/t17-/m0/s1. The molecule has 0 N–H and O–H groups in total. The summed E-state index contributed by atoms with van der Waals surface area (Å²) in [5.41, 5.74) is 3.94. The monoisotopic (exact) mass is 362 g/mol. The number of carbonyl (C=O) groups excluding carboxylic acids is 1. The smallest absolute Gasteiger partial charge is 0.167 e. The molecule has 0 spiro atoms. The van der Waals surface area contributed by atoms with Crippen molar-refractivity contribution in [1.29, 1.82) is 0 Å². The third kappa shape index (κ3) is 3.32. The second kappa shape index (κ2) is 7.47. The van der Waals surface area contributed by atoms with Crippen molar-refractivity contribution in [3.05, 3.63) is 82.9 Å². The van der Waals surface area contributed by atoms with Crippen molar-refractivity contribution < 1.29 is 9.18 Å². The summed E-state index contributed by atoms with van der Waals surface area (Å²) in [5.74, 6) is -0.0923. The fraction of sp³-hybridized carbons (Fsp3) is 0.304. The zero-order valence-corrected chi connectivity index (χ0v) is 15.5. The van der Waals surface area contributed by atoms with E-state index < -0.39 is 0 Å². The molecule has 27 heavy (non-hydrogen) atoms. The number of fused-ring (bicyclic) bond motifs is 1. The summed E-state index contributed by atoms with van der Waals surface area (Å²) in [6, 6.07) is 16.7. The lowest BCUT2D eigenvalue weighted by Gasteiger charge is -2.23. The zero-order chi connectivity index (χ0) is 18.8. The van der Waals surface area contributed by atoms with Crippen molar-refractivity contribution in [1.82, 2.24) is 9.78 Å². The lowest BCUT2D eigenvalue weighted by molar-refractivity contribution is 0.0962. The molecule has 0 aliphatic heterocycles. The van der Waals surface area contributed by atoms with Gasteiger partial charge in [-0.15, -0.1) is 0 Å². The number of benzene rings is 2. The first-order chi connectivity index (χ1) is 13.2. The fourth-order valence-corrected chi connectivity index (χ4v) is 3.95. The van der Waals surface area contributed by atoms with Crippen LogP contribution in [0.4, 0.5) is 4.39 Å². The molecule has 0 amide bonds. The Bertz CT molecular complexity index is 962. The molecule has 4 heteroatoms. The van der Waals surface area contributed by atoms with Crippen LogP contribution >= 0.6 is 0 Å². The predicted octanol–water partition coefficient (Wildman–Crippen LogP) is 5.27. The number of rotatable bonds is 5. The molecule has 1 aromatic heterocycles. The van der Waals surface area contributed by atoms with Crippen LogP contribution in [0, 0.1) is 5.82 Å². The number of halogens is 1. The molecule has 0 radical (unpaired) electrons. The van der Waals surface area contributed by atoms with Crippen LogP contribution < -0.4 is 0 Å². The summed E-state index contributed by atoms with van der Waals surface area (Å²) < 4.78 is 16.1. The summed E-state index contributed by atoms with van der Waals surface area (Å²) in [6.45, 7) is 2.12. The van der Waals surface area contributed by atoms with Gasteiger partial charge in [0.2, 0.25) is 0 Å². The average molecular weight is 362 g/mol. The molecular formula is C23H23FN2O. The average Bonchev–Trinajstić information content (AvgIpc) is 3.06. The zero-order valence-electron chi connectivity index (χ0n) is 15.5. The van der Waals surface area contributed by atoms with Gasteiger partial charge in [0.25, 0.3) is 0 Å². The highest BCUT2D eigenvalue weighted by molar-refractivity contribution is 6.00. The van der Waals surface area contributed by atoms with Crippen LogP contribution in [-0.2, 0) is 12.8 Å². The topological polar surface area (TPSA) is 34.9 Å². The van der Waals surface area contributed by atoms with Crippen molar-refractivity contribution in [2.24, 2.45) is 0 Å². The Hall–Kier alpha value is -2.75. The molecule has 0 bridgehead atoms. The molecule has 0 saturated heterocycles. The van der Waals surface area contributed by atoms with Gasteiger partial charge in [-0.25, -0.2) is 9.07 Å². The third-order valence-corrected chi connectivity index (χ3v) is 5.32. The van der Waals surface area contributed by atoms with Gasteiger partial charge in [-0.05, 0) is 42.9 Å². The summed E-state index contributed by atoms with van der Waals surface area (Å²) in [5, 5.41) is 4.69. The van der Waals surface area contributed by atoms with Crippen molar-refractivity contribution in [3.8, 4) is 5.69 Å². The Kier molecular flexibility index (Phi) is 4.88. The number of para-hydroxylation sites is 1. The predicted molar refractivity (Wildman–Crippen MR) is 104 cm³/mol. The summed E-state index contributed by atoms with van der Waals surface area (Å²) in [6.07, 6.45) is 3.93. The second-order valence-corrected chi connectivity index (χ2v) is 7.17. The molecule has 0 unspecified atom stereocenters. The highest BCUT2D eigenvalue weighted by atomic mass is 19.1. The molecule has 4 rings (SSSR count). The minimum Gasteiger partial charge on any atom is -0.294 e. The van der Waals surface area contributed by atoms with E-state index in [9.17, 15) is 9.18 Å². The molecule has 3 aromatic rings. The first kappa shape index (κ1) is 17.7. The van der Waals surface area contributed by atoms with Crippen molar-refractivity contribution >= 4 is 5.78 Å². The summed E-state index contributed by atoms with van der Waals surface area (Å²) in [7, 11) is 0. The van der Waals surface area contributed by atoms with E-state index >= 15 is 0 Å². The highest BCUT2D eigenvalue weighted by Crippen LogP contribution is 2.36. The summed E-state index contributed by atoms with van der Waals surface area (Å²) >= 11 is 0. The van der Waals surface area contributed by atoms with Gasteiger partial charge in [-0.3, -0.25) is 4.79 Å². The Morgan fingerprint density at radius 3 is 2.56 bits per heavy atom. The number of Topliss-reactive ketones (excluding diaryl/α,β-unsaturated/α-hetero) is 1. The molecule has 1 atom stereocenters. The van der Waals surface area contributed by atoms with Crippen LogP contribution in [0.1, 0.15) is 59.4 Å². The third-order valence-electron chi connectivity index (χ3n) is 5.32. The minimum absolute atomic E-state index is 0.104. The number of aromatic nitrogens is 2. The highest BCUT2D eigenvalue weighted by Gasteiger charge is 2.33. The van der Waals surface area contributed by atoms with Gasteiger partial charge < -0.3 is 0 Å². The minimum atomic E-state index is -0.320. The molecule has 2 aromatic carbocycles. The number of carbonyl (C=O) groups is 1. The molecule has 0 fully saturated rings. The molecule has 1 heterocycles. The molecule has 3 nitrogen and oxygen atoms in total. The van der Waals surface area contributed by atoms with Crippen LogP contribution in [-0.4, -0.2) is 15.6 Å². The molecule has 1 aliphatic carbocycles. The van der Waals surface area contributed by atoms with E-state index in [1.54, 1.807) is 22.9 Å². The van der Waals surface area contributed by atoms with Crippen LogP contribution in [0.15, 0.2) is 54.6 Å². The quantitative estimate of drug-likeness (QED) is 0.620. The number of hydrogen-bond acceptors (Lipinski definition) is 2. The number of unbranched alkanes of at least 4 members (excludes halogenated alkanes) is 1. The first-order valence-electron chi connectivity index (χ1n) is 9.62. The molecule has 0 saturated carbocycles. The van der Waals surface area contributed by atoms with Gasteiger partial charge in [0.05, 0.1) is 17.0 Å². The molecular weight excluding hydrogens is 339 g/mol. The van der Waals surface area contributed by atoms with Crippen LogP contribution in [0.3, 0.4) is 0 Å². The van der Waals surface area contributed by atoms with Gasteiger partial charge in [-0.2, -0.15) is 5.10 Å². The summed E-state index contributed by atoms with van der Waals surface area (Å²) in [4.78, 5) is 13.0. The van der Waals surface area contributed by atoms with E-state index in [1.807, 2.05) is 18.2 Å². The first-order valence-corrected chi connectivity index (χ1v) is 9.62. The largest absolute Gasteiger partial charge is 0.294 e. The van der Waals surface area contributed by atoms with Gasteiger partial charge in [0.15, 0.2) is 5.78 Å². The fourth-order valence-electron chi connectivity index (χ4n) is 3.95. The number of aryl methyl sites for hydroxylation is 1. The number of nitrogens with zero attached hydrogens (tertiary/aromatic N) is 2. The van der Waals surface area contributed by atoms with Gasteiger partial charge >= 0.3 is 0 Å². The van der Waals surface area contributed by atoms with E-state index in [-0.39, 0.29) is 17.5 Å². The van der Waals surface area contributed by atoms with Gasteiger partial charge in [-0.1, -0.05) is 55.8 Å². The van der Waals surface area contributed by atoms with Gasteiger partial charge in [0, 0.05) is 6.42 Å². The van der Waals surface area contributed by atoms with Crippen LogP contribution in [0.5, 0.6) is 0 Å². The van der Waals surface area contributed by atoms with Crippen molar-refractivity contribution in [3.63, 3.8) is 0 Å². The normalized spacial score (nSPS) is 16.4. The van der Waals surface area contributed by atoms with E-state index in [0.29, 0.717) is 18.5 Å². The number of ketones is 1. The Morgan fingerprint density at radius 2 is 1.81 bits per heavy atom.